The molecule has 0 amide bonds. The van der Waals surface area contributed by atoms with Crippen LogP contribution in [0.5, 0.6) is 0 Å². The summed E-state index contributed by atoms with van der Waals surface area (Å²) < 4.78 is 0. The molecule has 1 atom stereocenters. The molecule has 3 nitrogen and oxygen atoms in total. The minimum atomic E-state index is -0.278. The molecule has 3 heteroatoms. The maximum atomic E-state index is 9.57. The van der Waals surface area contributed by atoms with Gasteiger partial charge in [-0.05, 0) is 13.1 Å². The fourth-order valence-electron chi connectivity index (χ4n) is 1.20. The second kappa shape index (κ2) is 8.23. The van der Waals surface area contributed by atoms with Gasteiger partial charge in [0.25, 0.3) is 0 Å². The predicted octanol–water partition coefficient (Wildman–Crippen LogP) is 0.465. The Morgan fingerprint density at radius 1 is 1.46 bits per heavy atom. The van der Waals surface area contributed by atoms with E-state index in [1.165, 1.54) is 0 Å². The van der Waals surface area contributed by atoms with E-state index in [0.717, 1.165) is 26.2 Å². The first-order valence-electron chi connectivity index (χ1n) is 4.96. The van der Waals surface area contributed by atoms with E-state index in [0.29, 0.717) is 6.54 Å². The summed E-state index contributed by atoms with van der Waals surface area (Å²) >= 11 is 0. The summed E-state index contributed by atoms with van der Waals surface area (Å²) in [5.41, 5.74) is 0. The van der Waals surface area contributed by atoms with Crippen LogP contribution >= 0.6 is 0 Å². The number of nitrogens with one attached hydrogen (secondary N) is 1. The van der Waals surface area contributed by atoms with Gasteiger partial charge in [-0.15, -0.1) is 6.58 Å². The zero-order chi connectivity index (χ0) is 10.1. The molecule has 0 saturated carbocycles. The van der Waals surface area contributed by atoms with Gasteiger partial charge in [0, 0.05) is 19.6 Å². The number of aliphatic hydroxyl groups is 1. The molecule has 0 aromatic rings. The smallest absolute Gasteiger partial charge is 0.0791 e. The molecule has 0 rings (SSSR count). The largest absolute Gasteiger partial charge is 0.390 e. The average molecular weight is 186 g/mol. The summed E-state index contributed by atoms with van der Waals surface area (Å²) in [5.74, 6) is 0. The molecule has 0 aromatic heterocycles. The topological polar surface area (TPSA) is 35.5 Å². The fourth-order valence-corrected chi connectivity index (χ4v) is 1.20. The lowest BCUT2D eigenvalue weighted by atomic mass is 10.3. The second-order valence-electron chi connectivity index (χ2n) is 3.09. The Morgan fingerprint density at radius 3 is 2.54 bits per heavy atom. The van der Waals surface area contributed by atoms with Gasteiger partial charge in [-0.2, -0.15) is 0 Å². The van der Waals surface area contributed by atoms with Crippen LogP contribution in [0.2, 0.25) is 0 Å². The SMILES string of the molecule is C=CCNCC(O)CN(CC)CC. The highest BCUT2D eigenvalue weighted by Gasteiger charge is 2.07. The molecule has 78 valence electrons. The molecule has 0 aromatic carbocycles. The van der Waals surface area contributed by atoms with Crippen molar-refractivity contribution in [1.82, 2.24) is 10.2 Å². The summed E-state index contributed by atoms with van der Waals surface area (Å²) in [6.07, 6.45) is 1.52. The Kier molecular flexibility index (Phi) is 7.99. The third-order valence-electron chi connectivity index (χ3n) is 2.03. The summed E-state index contributed by atoms with van der Waals surface area (Å²) in [6, 6.07) is 0. The van der Waals surface area contributed by atoms with Crippen LogP contribution in [0.4, 0.5) is 0 Å². The van der Waals surface area contributed by atoms with Crippen LogP contribution in [0.25, 0.3) is 0 Å². The molecule has 0 saturated heterocycles. The molecule has 0 heterocycles. The molecule has 0 aliphatic heterocycles. The third kappa shape index (κ3) is 6.75. The Hall–Kier alpha value is -0.380. The van der Waals surface area contributed by atoms with Crippen molar-refractivity contribution in [2.75, 3.05) is 32.7 Å². The number of likely N-dealkylation sites (N-methyl/N-ethyl adjacent to an activating group) is 1. The lowest BCUT2D eigenvalue weighted by Crippen LogP contribution is -2.38. The normalized spacial score (nSPS) is 13.2. The van der Waals surface area contributed by atoms with Crippen LogP contribution in [0.1, 0.15) is 13.8 Å². The van der Waals surface area contributed by atoms with Gasteiger partial charge in [-0.25, -0.2) is 0 Å². The van der Waals surface area contributed by atoms with Crippen molar-refractivity contribution in [1.29, 1.82) is 0 Å². The summed E-state index contributed by atoms with van der Waals surface area (Å²) in [4.78, 5) is 2.21. The molecule has 0 spiro atoms. The highest BCUT2D eigenvalue weighted by molar-refractivity contribution is 4.72. The number of hydrogen-bond donors (Lipinski definition) is 2. The molecular formula is C10H22N2O. The number of aliphatic hydroxyl groups excluding tert-OH is 1. The van der Waals surface area contributed by atoms with Crippen LogP contribution in [-0.2, 0) is 0 Å². The van der Waals surface area contributed by atoms with Gasteiger partial charge in [-0.3, -0.25) is 0 Å². The quantitative estimate of drug-likeness (QED) is 0.427. The average Bonchev–Trinajstić information content (AvgIpc) is 2.14. The minimum absolute atomic E-state index is 0.278. The highest BCUT2D eigenvalue weighted by atomic mass is 16.3. The zero-order valence-corrected chi connectivity index (χ0v) is 8.79. The van der Waals surface area contributed by atoms with Crippen molar-refractivity contribution in [2.24, 2.45) is 0 Å². The molecule has 0 radical (unpaired) electrons. The first-order valence-corrected chi connectivity index (χ1v) is 4.96. The van der Waals surface area contributed by atoms with Crippen LogP contribution < -0.4 is 5.32 Å². The van der Waals surface area contributed by atoms with Gasteiger partial charge in [0.05, 0.1) is 6.10 Å². The van der Waals surface area contributed by atoms with E-state index in [1.807, 2.05) is 0 Å². The Morgan fingerprint density at radius 2 is 2.08 bits per heavy atom. The van der Waals surface area contributed by atoms with E-state index in [2.05, 4.69) is 30.6 Å². The highest BCUT2D eigenvalue weighted by Crippen LogP contribution is 1.90. The zero-order valence-electron chi connectivity index (χ0n) is 8.79. The second-order valence-corrected chi connectivity index (χ2v) is 3.09. The van der Waals surface area contributed by atoms with E-state index in [9.17, 15) is 5.11 Å². The monoisotopic (exact) mass is 186 g/mol. The van der Waals surface area contributed by atoms with E-state index in [1.54, 1.807) is 6.08 Å². The lowest BCUT2D eigenvalue weighted by Gasteiger charge is -2.21. The first-order chi connectivity index (χ1) is 6.24. The Balaban J connectivity index is 3.47. The maximum Gasteiger partial charge on any atom is 0.0791 e. The molecule has 1 unspecified atom stereocenters. The molecule has 0 aliphatic rings. The van der Waals surface area contributed by atoms with Crippen molar-refractivity contribution in [2.45, 2.75) is 20.0 Å². The van der Waals surface area contributed by atoms with Crippen molar-refractivity contribution in [3.8, 4) is 0 Å². The summed E-state index contributed by atoms with van der Waals surface area (Å²) in [5, 5.41) is 12.7. The van der Waals surface area contributed by atoms with Crippen LogP contribution in [0.15, 0.2) is 12.7 Å². The molecule has 13 heavy (non-hydrogen) atoms. The molecular weight excluding hydrogens is 164 g/mol. The molecule has 2 N–H and O–H groups in total. The lowest BCUT2D eigenvalue weighted by molar-refractivity contribution is 0.118. The minimum Gasteiger partial charge on any atom is -0.390 e. The van der Waals surface area contributed by atoms with Gasteiger partial charge >= 0.3 is 0 Å². The van der Waals surface area contributed by atoms with Gasteiger partial charge in [0.15, 0.2) is 0 Å². The van der Waals surface area contributed by atoms with Crippen LogP contribution in [0, 0.1) is 0 Å². The van der Waals surface area contributed by atoms with Gasteiger partial charge in [0.2, 0.25) is 0 Å². The van der Waals surface area contributed by atoms with Crippen molar-refractivity contribution in [3.63, 3.8) is 0 Å². The van der Waals surface area contributed by atoms with Crippen molar-refractivity contribution >= 4 is 0 Å². The summed E-state index contributed by atoms with van der Waals surface area (Å²) in [6.45, 7) is 11.9. The maximum absolute atomic E-state index is 9.57. The van der Waals surface area contributed by atoms with Gasteiger partial charge in [-0.1, -0.05) is 19.9 Å². The fraction of sp³-hybridized carbons (Fsp3) is 0.800. The Bertz CT molecular complexity index is 124. The number of hydrogen-bond acceptors (Lipinski definition) is 3. The van der Waals surface area contributed by atoms with Crippen LogP contribution in [-0.4, -0.2) is 48.8 Å². The number of rotatable bonds is 8. The van der Waals surface area contributed by atoms with Crippen molar-refractivity contribution in [3.05, 3.63) is 12.7 Å². The molecule has 0 bridgehead atoms. The molecule has 0 fully saturated rings. The standard InChI is InChI=1S/C10H22N2O/c1-4-7-11-8-10(13)9-12(5-2)6-3/h4,10-11,13H,1,5-9H2,2-3H3. The first kappa shape index (κ1) is 12.6. The third-order valence-corrected chi connectivity index (χ3v) is 2.03. The van der Waals surface area contributed by atoms with Gasteiger partial charge < -0.3 is 15.3 Å². The van der Waals surface area contributed by atoms with Crippen LogP contribution in [0.3, 0.4) is 0 Å². The summed E-state index contributed by atoms with van der Waals surface area (Å²) in [7, 11) is 0. The number of nitrogens with zero attached hydrogens (tertiary/aromatic N) is 1. The van der Waals surface area contributed by atoms with E-state index < -0.39 is 0 Å². The Labute approximate surface area is 81.4 Å². The predicted molar refractivity (Wildman–Crippen MR) is 56.9 cm³/mol. The van der Waals surface area contributed by atoms with Gasteiger partial charge in [0.1, 0.15) is 0 Å². The molecule has 0 aliphatic carbocycles. The van der Waals surface area contributed by atoms with E-state index in [4.69, 9.17) is 0 Å². The van der Waals surface area contributed by atoms with Crippen molar-refractivity contribution < 1.29 is 5.11 Å². The van der Waals surface area contributed by atoms with E-state index >= 15 is 0 Å². The van der Waals surface area contributed by atoms with E-state index in [-0.39, 0.29) is 6.10 Å².